The monoisotopic (exact) mass is 652 g/mol. The maximum absolute atomic E-state index is 13.5. The van der Waals surface area contributed by atoms with Crippen LogP contribution in [0, 0.1) is 5.92 Å². The minimum absolute atomic E-state index is 0.0666. The summed E-state index contributed by atoms with van der Waals surface area (Å²) in [5, 5.41) is 4.33. The normalized spacial score (nSPS) is 18.4. The molecule has 2 heterocycles. The molecule has 0 saturated carbocycles. The number of ether oxygens (including phenoxy) is 3. The lowest BCUT2D eigenvalue weighted by Gasteiger charge is -2.36. The number of carbonyl (C=O) groups is 5. The van der Waals surface area contributed by atoms with Crippen LogP contribution in [0.15, 0.2) is 42.5 Å². The fourth-order valence-electron chi connectivity index (χ4n) is 5.52. The highest BCUT2D eigenvalue weighted by molar-refractivity contribution is 8.13. The van der Waals surface area contributed by atoms with Gasteiger partial charge in [0, 0.05) is 55.9 Å². The van der Waals surface area contributed by atoms with Gasteiger partial charge in [0.25, 0.3) is 5.91 Å². The first-order valence-electron chi connectivity index (χ1n) is 15.0. The summed E-state index contributed by atoms with van der Waals surface area (Å²) in [5.41, 5.74) is 5.85. The average Bonchev–Trinajstić information content (AvgIpc) is 3.55. The molecule has 1 saturated heterocycles. The summed E-state index contributed by atoms with van der Waals surface area (Å²) in [4.78, 5) is 65.2. The molecule has 2 aliphatic heterocycles. The van der Waals surface area contributed by atoms with Crippen LogP contribution in [0.2, 0.25) is 0 Å². The van der Waals surface area contributed by atoms with Gasteiger partial charge in [0.05, 0.1) is 21.3 Å². The second kappa shape index (κ2) is 15.8. The Morgan fingerprint density at radius 2 is 1.72 bits per heavy atom. The van der Waals surface area contributed by atoms with Crippen LogP contribution < -0.4 is 20.2 Å². The van der Waals surface area contributed by atoms with E-state index in [1.807, 2.05) is 12.1 Å². The van der Waals surface area contributed by atoms with E-state index >= 15 is 0 Å². The molecule has 0 aromatic heterocycles. The quantitative estimate of drug-likeness (QED) is 0.274. The highest BCUT2D eigenvalue weighted by Gasteiger charge is 2.39. The number of hydrogen-bond acceptors (Lipinski definition) is 10. The van der Waals surface area contributed by atoms with Crippen molar-refractivity contribution in [3.8, 4) is 11.5 Å². The Morgan fingerprint density at radius 1 is 1.00 bits per heavy atom. The van der Waals surface area contributed by atoms with E-state index in [2.05, 4.69) is 10.7 Å². The van der Waals surface area contributed by atoms with Crippen LogP contribution in [0.4, 0.5) is 5.69 Å². The lowest BCUT2D eigenvalue weighted by atomic mass is 9.94. The molecule has 3 atom stereocenters. The third-order valence-electron chi connectivity index (χ3n) is 7.93. The summed E-state index contributed by atoms with van der Waals surface area (Å²) in [7, 11) is 4.40. The molecule has 3 amide bonds. The number of methoxy groups -OCH3 is 3. The van der Waals surface area contributed by atoms with Crippen molar-refractivity contribution in [3.63, 3.8) is 0 Å². The Morgan fingerprint density at radius 3 is 2.37 bits per heavy atom. The summed E-state index contributed by atoms with van der Waals surface area (Å²) in [6, 6.07) is 9.23. The molecule has 0 bridgehead atoms. The zero-order chi connectivity index (χ0) is 33.4. The average molecular weight is 653 g/mol. The van der Waals surface area contributed by atoms with Crippen molar-refractivity contribution in [1.82, 2.24) is 15.3 Å². The van der Waals surface area contributed by atoms with Gasteiger partial charge in [-0.2, -0.15) is 0 Å². The minimum Gasteiger partial charge on any atom is -0.497 e. The smallest absolute Gasteiger partial charge is 0.325 e. The lowest BCUT2D eigenvalue weighted by molar-refractivity contribution is -0.152. The maximum atomic E-state index is 13.5. The van der Waals surface area contributed by atoms with E-state index in [1.165, 1.54) is 25.1 Å². The number of rotatable bonds is 11. The van der Waals surface area contributed by atoms with Gasteiger partial charge in [0.2, 0.25) is 11.8 Å². The van der Waals surface area contributed by atoms with Crippen molar-refractivity contribution in [3.05, 3.63) is 59.2 Å². The predicted molar refractivity (Wildman–Crippen MR) is 174 cm³/mol. The summed E-state index contributed by atoms with van der Waals surface area (Å²) >= 11 is 1.09. The molecule has 0 radical (unpaired) electrons. The number of carbonyl (C=O) groups excluding carboxylic acids is 5. The zero-order valence-corrected chi connectivity index (χ0v) is 27.5. The highest BCUT2D eigenvalue weighted by atomic mass is 32.2. The van der Waals surface area contributed by atoms with Crippen LogP contribution in [0.5, 0.6) is 11.5 Å². The molecule has 4 rings (SSSR count). The van der Waals surface area contributed by atoms with E-state index in [9.17, 15) is 24.0 Å². The van der Waals surface area contributed by atoms with E-state index in [-0.39, 0.29) is 29.9 Å². The van der Waals surface area contributed by atoms with Crippen LogP contribution in [0.25, 0.3) is 6.08 Å². The number of likely N-dealkylation sites (tertiary alicyclic amines) is 1. The molecular formula is C33H40N4O8S. The SMILES string of the molecule is COC(=O)C1Cc2ccc(NC(=O)C=Cc3cc(OC)cc(OC)c3)cc2CN1NC(=O)[C@@H]1CCCN1C(=O)[C@H](C)CSC(C)=O. The standard InChI is InChI=1S/C33H40N4O8S/c1-20(19-46-21(2)38)32(41)36-12-6-7-28(36)31(40)35-37-18-24-15-25(10-9-23(24)16-29(37)33(42)45-5)34-30(39)11-8-22-13-26(43-3)17-27(14-22)44-4/h8-11,13-15,17,20,28-29H,6-7,12,16,18-19H2,1-5H3,(H,34,39)(H,35,40)/t20-,28+,29?/m1/s1. The molecule has 1 unspecified atom stereocenters. The molecule has 2 aromatic carbocycles. The molecule has 2 aliphatic rings. The number of esters is 1. The number of hydrogen-bond donors (Lipinski definition) is 2. The molecule has 12 nitrogen and oxygen atoms in total. The molecule has 46 heavy (non-hydrogen) atoms. The highest BCUT2D eigenvalue weighted by Crippen LogP contribution is 2.28. The third-order valence-corrected chi connectivity index (χ3v) is 9.00. The molecule has 246 valence electrons. The number of benzene rings is 2. The van der Waals surface area contributed by atoms with E-state index in [0.717, 1.165) is 28.5 Å². The Labute approximate surface area is 272 Å². The van der Waals surface area contributed by atoms with Gasteiger partial charge < -0.3 is 24.4 Å². The summed E-state index contributed by atoms with van der Waals surface area (Å²) in [5.74, 6) is -0.305. The van der Waals surface area contributed by atoms with Crippen LogP contribution >= 0.6 is 11.8 Å². The second-order valence-electron chi connectivity index (χ2n) is 11.2. The molecule has 1 fully saturated rings. The molecule has 0 aliphatic carbocycles. The van der Waals surface area contributed by atoms with Gasteiger partial charge in [0.15, 0.2) is 5.12 Å². The minimum atomic E-state index is -0.777. The van der Waals surface area contributed by atoms with Gasteiger partial charge >= 0.3 is 5.97 Å². The second-order valence-corrected chi connectivity index (χ2v) is 12.4. The lowest BCUT2D eigenvalue weighted by Crippen LogP contribution is -2.58. The fraction of sp³-hybridized carbons (Fsp3) is 0.424. The first-order chi connectivity index (χ1) is 22.0. The predicted octanol–water partition coefficient (Wildman–Crippen LogP) is 3.19. The van der Waals surface area contributed by atoms with Gasteiger partial charge in [-0.3, -0.25) is 29.4 Å². The maximum Gasteiger partial charge on any atom is 0.325 e. The Balaban J connectivity index is 1.46. The Bertz CT molecular complexity index is 1490. The van der Waals surface area contributed by atoms with Gasteiger partial charge in [-0.15, -0.1) is 0 Å². The van der Waals surface area contributed by atoms with Crippen molar-refractivity contribution in [2.75, 3.05) is 38.9 Å². The molecule has 2 aromatic rings. The van der Waals surface area contributed by atoms with Crippen molar-refractivity contribution in [2.45, 2.75) is 51.7 Å². The topological polar surface area (TPSA) is 144 Å². The van der Waals surface area contributed by atoms with Crippen molar-refractivity contribution >= 4 is 52.3 Å². The van der Waals surface area contributed by atoms with Crippen molar-refractivity contribution < 1.29 is 38.2 Å². The molecule has 13 heteroatoms. The molecule has 2 N–H and O–H groups in total. The number of hydrazine groups is 1. The van der Waals surface area contributed by atoms with Crippen molar-refractivity contribution in [2.24, 2.45) is 5.92 Å². The zero-order valence-electron chi connectivity index (χ0n) is 26.7. The van der Waals surface area contributed by atoms with E-state index in [0.29, 0.717) is 42.3 Å². The Kier molecular flexibility index (Phi) is 11.8. The van der Waals surface area contributed by atoms with Gasteiger partial charge in [-0.05, 0) is 59.9 Å². The number of thioether (sulfide) groups is 1. The van der Waals surface area contributed by atoms with E-state index in [1.54, 1.807) is 56.4 Å². The van der Waals surface area contributed by atoms with Crippen LogP contribution in [0.1, 0.15) is 43.4 Å². The van der Waals surface area contributed by atoms with Crippen molar-refractivity contribution in [1.29, 1.82) is 0 Å². The largest absolute Gasteiger partial charge is 0.497 e. The van der Waals surface area contributed by atoms with E-state index < -0.39 is 29.9 Å². The fourth-order valence-corrected chi connectivity index (χ4v) is 6.15. The number of nitrogens with zero attached hydrogens (tertiary/aromatic N) is 2. The van der Waals surface area contributed by atoms with Gasteiger partial charge in [-0.1, -0.05) is 24.8 Å². The first-order valence-corrected chi connectivity index (χ1v) is 15.9. The van der Waals surface area contributed by atoms with Crippen LogP contribution in [0.3, 0.4) is 0 Å². The molecule has 0 spiro atoms. The number of amides is 3. The number of anilines is 1. The van der Waals surface area contributed by atoms with Gasteiger partial charge in [-0.25, -0.2) is 5.01 Å². The molecular weight excluding hydrogens is 612 g/mol. The number of fused-ring (bicyclic) bond motifs is 1. The number of nitrogens with one attached hydrogen (secondary N) is 2. The van der Waals surface area contributed by atoms with Gasteiger partial charge in [0.1, 0.15) is 23.6 Å². The summed E-state index contributed by atoms with van der Waals surface area (Å²) in [6.07, 6.45) is 4.49. The first kappa shape index (κ1) is 34.5. The summed E-state index contributed by atoms with van der Waals surface area (Å²) in [6.45, 7) is 3.83. The Hall–Kier alpha value is -4.36. The summed E-state index contributed by atoms with van der Waals surface area (Å²) < 4.78 is 15.6. The van der Waals surface area contributed by atoms with Crippen LogP contribution in [-0.2, 0) is 41.7 Å². The third kappa shape index (κ3) is 8.67. The van der Waals surface area contributed by atoms with Crippen LogP contribution in [-0.4, -0.2) is 84.4 Å². The van der Waals surface area contributed by atoms with E-state index in [4.69, 9.17) is 14.2 Å².